The molecule has 3 fully saturated rings. The second kappa shape index (κ2) is 5.53. The zero-order chi connectivity index (χ0) is 18.9. The number of aliphatic hydroxyl groups excluding tert-OH is 1. The number of carbonyl (C=O) groups is 2. The Labute approximate surface area is 152 Å². The predicted molar refractivity (Wildman–Crippen MR) is 89.1 cm³/mol. The maximum atomic E-state index is 11.8. The predicted octanol–water partition coefficient (Wildman–Crippen LogP) is 1.12. The number of carbonyl (C=O) groups excluding carboxylic acids is 2. The monoisotopic (exact) mass is 366 g/mol. The molecule has 2 bridgehead atoms. The molecule has 0 amide bonds. The normalized spacial score (nSPS) is 48.6. The van der Waals surface area contributed by atoms with Gasteiger partial charge in [0.05, 0.1) is 18.1 Å². The fraction of sp³-hybridized carbons (Fsp3) is 0.789. The van der Waals surface area contributed by atoms with E-state index in [1.165, 1.54) is 19.4 Å². The van der Waals surface area contributed by atoms with Crippen LogP contribution in [0.3, 0.4) is 0 Å². The topological polar surface area (TPSA) is 94.6 Å². The van der Waals surface area contributed by atoms with E-state index in [0.717, 1.165) is 6.42 Å². The van der Waals surface area contributed by atoms with Gasteiger partial charge in [-0.2, -0.15) is 0 Å². The number of hydrogen-bond donors (Lipinski definition) is 1. The van der Waals surface area contributed by atoms with Gasteiger partial charge < -0.3 is 24.1 Å². The summed E-state index contributed by atoms with van der Waals surface area (Å²) in [4.78, 5) is 23.4. The minimum Gasteiger partial charge on any atom is -0.465 e. The van der Waals surface area contributed by atoms with Gasteiger partial charge in [0.15, 0.2) is 0 Å². The molecule has 1 spiro atoms. The van der Waals surface area contributed by atoms with E-state index in [4.69, 9.17) is 18.9 Å². The zero-order valence-electron chi connectivity index (χ0n) is 15.6. The quantitative estimate of drug-likeness (QED) is 0.454. The average Bonchev–Trinajstić information content (AvgIpc) is 3.34. The summed E-state index contributed by atoms with van der Waals surface area (Å²) in [5.74, 6) is -0.830. The molecule has 2 heterocycles. The van der Waals surface area contributed by atoms with E-state index in [9.17, 15) is 14.7 Å². The molecule has 7 heteroatoms. The second-order valence-electron chi connectivity index (χ2n) is 8.33. The highest BCUT2D eigenvalue weighted by molar-refractivity contribution is 5.67. The summed E-state index contributed by atoms with van der Waals surface area (Å²) in [5.41, 5.74) is -0.890. The van der Waals surface area contributed by atoms with Crippen molar-refractivity contribution < 1.29 is 33.6 Å². The molecule has 0 aromatic carbocycles. The van der Waals surface area contributed by atoms with Gasteiger partial charge >= 0.3 is 11.9 Å². The summed E-state index contributed by atoms with van der Waals surface area (Å²) >= 11 is 0. The van der Waals surface area contributed by atoms with E-state index in [2.05, 4.69) is 6.08 Å². The number of esters is 2. The summed E-state index contributed by atoms with van der Waals surface area (Å²) in [5, 5.41) is 10.9. The number of aliphatic hydroxyl groups is 1. The van der Waals surface area contributed by atoms with Crippen molar-refractivity contribution in [3.8, 4) is 0 Å². The van der Waals surface area contributed by atoms with Crippen LogP contribution in [0, 0.1) is 10.8 Å². The lowest BCUT2D eigenvalue weighted by molar-refractivity contribution is -0.233. The van der Waals surface area contributed by atoms with Crippen molar-refractivity contribution in [3.63, 3.8) is 0 Å². The molecular weight excluding hydrogens is 340 g/mol. The third kappa shape index (κ3) is 2.05. The average molecular weight is 366 g/mol. The van der Waals surface area contributed by atoms with E-state index in [-0.39, 0.29) is 18.7 Å². The number of fused-ring (bicyclic) bond motifs is 2. The minimum atomic E-state index is -0.986. The fourth-order valence-electron chi connectivity index (χ4n) is 5.60. The summed E-state index contributed by atoms with van der Waals surface area (Å²) in [7, 11) is 0. The first-order chi connectivity index (χ1) is 12.2. The number of hydrogen-bond acceptors (Lipinski definition) is 7. The van der Waals surface area contributed by atoms with Gasteiger partial charge in [-0.05, 0) is 19.8 Å². The van der Waals surface area contributed by atoms with Crippen LogP contribution in [0.15, 0.2) is 11.6 Å². The van der Waals surface area contributed by atoms with E-state index < -0.39 is 40.7 Å². The van der Waals surface area contributed by atoms with Gasteiger partial charge in [0.25, 0.3) is 0 Å². The Morgan fingerprint density at radius 2 is 2.04 bits per heavy atom. The highest BCUT2D eigenvalue weighted by Crippen LogP contribution is 2.72. The second-order valence-corrected chi connectivity index (χ2v) is 8.33. The molecule has 4 rings (SSSR count). The van der Waals surface area contributed by atoms with Crippen molar-refractivity contribution in [2.75, 3.05) is 13.2 Å². The van der Waals surface area contributed by atoms with E-state index in [0.29, 0.717) is 13.0 Å². The number of allylic oxidation sites excluding steroid dienone is 1. The SMILES string of the molecule is CC(=O)OC[C@]12CCC(C)=C[C@H]1O[C@@H]1[C@@H](O)[C@@H](OC(C)=O)[C@@]2(C)[C@]12CO2. The van der Waals surface area contributed by atoms with Crippen LogP contribution in [0.2, 0.25) is 0 Å². The number of epoxide rings is 1. The number of rotatable bonds is 3. The third-order valence-corrected chi connectivity index (χ3v) is 7.08. The smallest absolute Gasteiger partial charge is 0.303 e. The van der Waals surface area contributed by atoms with Crippen LogP contribution in [-0.2, 0) is 28.5 Å². The third-order valence-electron chi connectivity index (χ3n) is 7.08. The van der Waals surface area contributed by atoms with Gasteiger partial charge in [0, 0.05) is 19.3 Å². The molecular formula is C19H26O7. The lowest BCUT2D eigenvalue weighted by atomic mass is 9.51. The van der Waals surface area contributed by atoms with Crippen molar-refractivity contribution in [3.05, 3.63) is 11.6 Å². The molecule has 4 aliphatic rings. The Morgan fingerprint density at radius 3 is 2.62 bits per heavy atom. The Kier molecular flexibility index (Phi) is 3.82. The molecule has 0 radical (unpaired) electrons. The maximum absolute atomic E-state index is 11.8. The van der Waals surface area contributed by atoms with Gasteiger partial charge in [-0.3, -0.25) is 9.59 Å². The standard InChI is InChI=1S/C19H26O7/c1-10-5-6-18(8-23-11(2)20)13(7-10)26-16-14(22)15(25-12(3)21)17(18,4)19(16)9-24-19/h7,13-16,22H,5-6,8-9H2,1-4H3/t13-,14+,15-,16-,17-,18-,19+/m1/s1. The van der Waals surface area contributed by atoms with Crippen molar-refractivity contribution in [2.45, 2.75) is 70.6 Å². The van der Waals surface area contributed by atoms with E-state index in [1.807, 2.05) is 13.8 Å². The lowest BCUT2D eigenvalue weighted by Crippen LogP contribution is -2.66. The van der Waals surface area contributed by atoms with Crippen LogP contribution in [-0.4, -0.2) is 60.3 Å². The fourth-order valence-corrected chi connectivity index (χ4v) is 5.60. The molecule has 1 saturated carbocycles. The highest BCUT2D eigenvalue weighted by atomic mass is 16.7. The van der Waals surface area contributed by atoms with Gasteiger partial charge in [0.2, 0.25) is 0 Å². The van der Waals surface area contributed by atoms with E-state index in [1.54, 1.807) is 0 Å². The van der Waals surface area contributed by atoms with Crippen molar-refractivity contribution in [1.82, 2.24) is 0 Å². The van der Waals surface area contributed by atoms with Crippen LogP contribution in [0.1, 0.15) is 40.5 Å². The summed E-state index contributed by atoms with van der Waals surface area (Å²) in [6, 6.07) is 0. The van der Waals surface area contributed by atoms with Gasteiger partial charge in [-0.15, -0.1) is 0 Å². The lowest BCUT2D eigenvalue weighted by Gasteiger charge is -2.58. The Morgan fingerprint density at radius 1 is 1.35 bits per heavy atom. The van der Waals surface area contributed by atoms with Crippen molar-refractivity contribution in [1.29, 1.82) is 0 Å². The van der Waals surface area contributed by atoms with Gasteiger partial charge in [0.1, 0.15) is 30.5 Å². The van der Waals surface area contributed by atoms with Crippen LogP contribution in [0.4, 0.5) is 0 Å². The van der Waals surface area contributed by atoms with Crippen LogP contribution in [0.5, 0.6) is 0 Å². The van der Waals surface area contributed by atoms with E-state index >= 15 is 0 Å². The molecule has 0 aromatic heterocycles. The molecule has 0 aromatic rings. The molecule has 7 atom stereocenters. The Balaban J connectivity index is 1.86. The summed E-state index contributed by atoms with van der Waals surface area (Å²) in [6.45, 7) is 7.31. The van der Waals surface area contributed by atoms with Gasteiger partial charge in [-0.25, -0.2) is 0 Å². The van der Waals surface area contributed by atoms with Crippen molar-refractivity contribution in [2.24, 2.45) is 10.8 Å². The molecule has 26 heavy (non-hydrogen) atoms. The largest absolute Gasteiger partial charge is 0.465 e. The Bertz CT molecular complexity index is 681. The van der Waals surface area contributed by atoms with Crippen LogP contribution >= 0.6 is 0 Å². The molecule has 2 aliphatic carbocycles. The highest BCUT2D eigenvalue weighted by Gasteiger charge is 2.85. The van der Waals surface area contributed by atoms with Crippen LogP contribution in [0.25, 0.3) is 0 Å². The molecule has 0 unspecified atom stereocenters. The van der Waals surface area contributed by atoms with Gasteiger partial charge in [-0.1, -0.05) is 18.6 Å². The Hall–Kier alpha value is -1.44. The first-order valence-corrected chi connectivity index (χ1v) is 9.13. The zero-order valence-corrected chi connectivity index (χ0v) is 15.6. The van der Waals surface area contributed by atoms with Crippen molar-refractivity contribution >= 4 is 11.9 Å². The molecule has 7 nitrogen and oxygen atoms in total. The molecule has 1 N–H and O–H groups in total. The maximum Gasteiger partial charge on any atom is 0.303 e. The molecule has 2 saturated heterocycles. The first-order valence-electron chi connectivity index (χ1n) is 9.13. The van der Waals surface area contributed by atoms with Crippen LogP contribution < -0.4 is 0 Å². The molecule has 144 valence electrons. The number of ether oxygens (including phenoxy) is 4. The first kappa shape index (κ1) is 17.9. The molecule has 2 aliphatic heterocycles. The summed E-state index contributed by atoms with van der Waals surface area (Å²) in [6.07, 6.45) is 0.896. The summed E-state index contributed by atoms with van der Waals surface area (Å²) < 4.78 is 23.3. The minimum absolute atomic E-state index is 0.135.